The van der Waals surface area contributed by atoms with Crippen LogP contribution in [0.1, 0.15) is 36.1 Å². The van der Waals surface area contributed by atoms with Crippen LogP contribution in [0.2, 0.25) is 0 Å². The molecule has 0 saturated carbocycles. The molecule has 1 atom stereocenters. The summed E-state index contributed by atoms with van der Waals surface area (Å²) in [5.41, 5.74) is -0.476. The summed E-state index contributed by atoms with van der Waals surface area (Å²) in [4.78, 5) is 11.9. The number of hydrogen-bond donors (Lipinski definition) is 1. The van der Waals surface area contributed by atoms with Gasteiger partial charge in [0.15, 0.2) is 5.76 Å². The summed E-state index contributed by atoms with van der Waals surface area (Å²) in [6.45, 7) is 4.41. The second-order valence-corrected chi connectivity index (χ2v) is 7.67. The number of rotatable bonds is 3. The first-order chi connectivity index (χ1) is 9.21. The minimum absolute atomic E-state index is 0.0754. The fourth-order valence-electron chi connectivity index (χ4n) is 2.19. The molecule has 2 heterocycles. The molecule has 8 heteroatoms. The summed E-state index contributed by atoms with van der Waals surface area (Å²) in [5, 5.41) is 2.81. The normalized spacial score (nSPS) is 23.6. The predicted molar refractivity (Wildman–Crippen MR) is 72.4 cm³/mol. The van der Waals surface area contributed by atoms with Crippen LogP contribution in [-0.2, 0) is 13.8 Å². The van der Waals surface area contributed by atoms with Gasteiger partial charge in [-0.15, -0.1) is 0 Å². The molecule has 2 rings (SSSR count). The minimum Gasteiger partial charge on any atom is -0.455 e. The Morgan fingerprint density at radius 1 is 1.50 bits per heavy atom. The number of nitrogens with one attached hydrogen (secondary N) is 1. The summed E-state index contributed by atoms with van der Waals surface area (Å²) in [6.07, 6.45) is 1.65. The molecule has 1 unspecified atom stereocenters. The molecule has 0 aromatic carbocycles. The van der Waals surface area contributed by atoms with Crippen LogP contribution in [0.15, 0.2) is 15.4 Å². The molecule has 1 saturated heterocycles. The zero-order valence-electron chi connectivity index (χ0n) is 11.2. The number of furan rings is 1. The van der Waals surface area contributed by atoms with Gasteiger partial charge in [0.25, 0.3) is 15.0 Å². The highest BCUT2D eigenvalue weighted by atomic mass is 35.7. The second-order valence-electron chi connectivity index (χ2n) is 5.14. The van der Waals surface area contributed by atoms with Crippen molar-refractivity contribution in [3.8, 4) is 0 Å². The molecule has 1 N–H and O–H groups in total. The van der Waals surface area contributed by atoms with E-state index in [4.69, 9.17) is 19.8 Å². The van der Waals surface area contributed by atoms with Crippen molar-refractivity contribution in [1.82, 2.24) is 5.32 Å². The fourth-order valence-corrected chi connectivity index (χ4v) is 3.28. The van der Waals surface area contributed by atoms with E-state index in [1.54, 1.807) is 0 Å². The topological polar surface area (TPSA) is 85.6 Å². The molecular formula is C12H16ClNO5S. The molecule has 1 aliphatic rings. The number of carbonyl (C=O) groups excluding carboxylic acids is 1. The first kappa shape index (κ1) is 15.3. The van der Waals surface area contributed by atoms with E-state index in [1.807, 2.05) is 6.92 Å². The van der Waals surface area contributed by atoms with E-state index in [1.165, 1.54) is 6.92 Å². The number of amides is 1. The number of halogens is 1. The molecule has 0 aliphatic carbocycles. The SMILES string of the molecule is Cc1oc(C(=O)NC2(C)CCCOC2)cc1S(=O)(=O)Cl. The molecular weight excluding hydrogens is 306 g/mol. The Balaban J connectivity index is 2.18. The molecule has 0 bridgehead atoms. The minimum atomic E-state index is -3.92. The lowest BCUT2D eigenvalue weighted by molar-refractivity contribution is 0.0265. The van der Waals surface area contributed by atoms with Crippen molar-refractivity contribution in [3.63, 3.8) is 0 Å². The second kappa shape index (κ2) is 5.38. The highest BCUT2D eigenvalue weighted by Crippen LogP contribution is 2.24. The summed E-state index contributed by atoms with van der Waals surface area (Å²) in [7, 11) is 1.34. The molecule has 0 radical (unpaired) electrons. The monoisotopic (exact) mass is 321 g/mol. The van der Waals surface area contributed by atoms with Gasteiger partial charge in [0.1, 0.15) is 10.7 Å². The van der Waals surface area contributed by atoms with E-state index in [0.717, 1.165) is 18.9 Å². The van der Waals surface area contributed by atoms with Crippen LogP contribution >= 0.6 is 10.7 Å². The number of hydrogen-bond acceptors (Lipinski definition) is 5. The van der Waals surface area contributed by atoms with E-state index in [-0.39, 0.29) is 16.4 Å². The van der Waals surface area contributed by atoms with Gasteiger partial charge in [0.05, 0.1) is 12.1 Å². The van der Waals surface area contributed by atoms with Gasteiger partial charge in [-0.2, -0.15) is 0 Å². The maximum absolute atomic E-state index is 12.1. The van der Waals surface area contributed by atoms with E-state index in [0.29, 0.717) is 13.2 Å². The Labute approximate surface area is 121 Å². The Morgan fingerprint density at radius 3 is 2.70 bits per heavy atom. The summed E-state index contributed by atoms with van der Waals surface area (Å²) < 4.78 is 33.1. The van der Waals surface area contributed by atoms with Crippen LogP contribution in [0.25, 0.3) is 0 Å². The molecule has 1 aromatic rings. The van der Waals surface area contributed by atoms with Crippen LogP contribution < -0.4 is 5.32 Å². The van der Waals surface area contributed by atoms with Crippen molar-refractivity contribution < 1.29 is 22.4 Å². The number of ether oxygens (including phenoxy) is 1. The third-order valence-electron chi connectivity index (χ3n) is 3.21. The Bertz CT molecular complexity index is 616. The molecule has 1 amide bonds. The smallest absolute Gasteiger partial charge is 0.287 e. The van der Waals surface area contributed by atoms with Crippen molar-refractivity contribution in [2.75, 3.05) is 13.2 Å². The van der Waals surface area contributed by atoms with Gasteiger partial charge in [0.2, 0.25) is 0 Å². The first-order valence-corrected chi connectivity index (χ1v) is 8.48. The van der Waals surface area contributed by atoms with Crippen LogP contribution in [-0.4, -0.2) is 33.1 Å². The zero-order valence-corrected chi connectivity index (χ0v) is 12.8. The van der Waals surface area contributed by atoms with Crippen LogP contribution in [0.4, 0.5) is 0 Å². The molecule has 0 spiro atoms. The van der Waals surface area contributed by atoms with Crippen LogP contribution in [0.5, 0.6) is 0 Å². The van der Waals surface area contributed by atoms with Gasteiger partial charge < -0.3 is 14.5 Å². The van der Waals surface area contributed by atoms with Crippen molar-refractivity contribution in [2.45, 2.75) is 37.1 Å². The molecule has 1 aromatic heterocycles. The molecule has 20 heavy (non-hydrogen) atoms. The van der Waals surface area contributed by atoms with E-state index in [9.17, 15) is 13.2 Å². The molecule has 6 nitrogen and oxygen atoms in total. The molecule has 1 fully saturated rings. The standard InChI is InChI=1S/C12H16ClNO5S/c1-8-10(20(13,16)17)6-9(19-8)11(15)14-12(2)4-3-5-18-7-12/h6H,3-5,7H2,1-2H3,(H,14,15). The molecule has 1 aliphatic heterocycles. The van der Waals surface area contributed by atoms with Gasteiger partial charge in [-0.05, 0) is 26.7 Å². The van der Waals surface area contributed by atoms with Crippen LogP contribution in [0.3, 0.4) is 0 Å². The van der Waals surface area contributed by atoms with Gasteiger partial charge in [-0.3, -0.25) is 4.79 Å². The largest absolute Gasteiger partial charge is 0.455 e. The Kier molecular flexibility index (Phi) is 4.13. The van der Waals surface area contributed by atoms with E-state index < -0.39 is 20.5 Å². The van der Waals surface area contributed by atoms with Crippen molar-refractivity contribution in [2.24, 2.45) is 0 Å². The average molecular weight is 322 g/mol. The summed E-state index contributed by atoms with van der Waals surface area (Å²) in [5.74, 6) is -0.462. The van der Waals surface area contributed by atoms with Gasteiger partial charge >= 0.3 is 0 Å². The third kappa shape index (κ3) is 3.34. The van der Waals surface area contributed by atoms with E-state index in [2.05, 4.69) is 5.32 Å². The maximum atomic E-state index is 12.1. The quantitative estimate of drug-likeness (QED) is 0.858. The van der Waals surface area contributed by atoms with Crippen molar-refractivity contribution in [3.05, 3.63) is 17.6 Å². The lowest BCUT2D eigenvalue weighted by Crippen LogP contribution is -2.51. The summed E-state index contributed by atoms with van der Waals surface area (Å²) >= 11 is 0. The van der Waals surface area contributed by atoms with Gasteiger partial charge in [-0.25, -0.2) is 8.42 Å². The fraction of sp³-hybridized carbons (Fsp3) is 0.583. The predicted octanol–water partition coefficient (Wildman–Crippen LogP) is 1.81. The van der Waals surface area contributed by atoms with Gasteiger partial charge in [0, 0.05) is 23.4 Å². The van der Waals surface area contributed by atoms with Crippen molar-refractivity contribution in [1.29, 1.82) is 0 Å². The van der Waals surface area contributed by atoms with E-state index >= 15 is 0 Å². The first-order valence-electron chi connectivity index (χ1n) is 6.17. The number of aryl methyl sites for hydroxylation is 1. The third-order valence-corrected chi connectivity index (χ3v) is 4.64. The zero-order chi connectivity index (χ0) is 15.0. The lowest BCUT2D eigenvalue weighted by Gasteiger charge is -2.33. The lowest BCUT2D eigenvalue weighted by atomic mass is 9.95. The Morgan fingerprint density at radius 2 is 2.20 bits per heavy atom. The van der Waals surface area contributed by atoms with Crippen LogP contribution in [0, 0.1) is 6.92 Å². The number of carbonyl (C=O) groups is 1. The van der Waals surface area contributed by atoms with Gasteiger partial charge in [-0.1, -0.05) is 0 Å². The highest BCUT2D eigenvalue weighted by molar-refractivity contribution is 8.13. The highest BCUT2D eigenvalue weighted by Gasteiger charge is 2.31. The molecule has 112 valence electrons. The summed E-state index contributed by atoms with van der Waals surface area (Å²) in [6, 6.07) is 1.14. The average Bonchev–Trinajstić information content (AvgIpc) is 2.71. The Hall–Kier alpha value is -1.05. The van der Waals surface area contributed by atoms with Crippen molar-refractivity contribution >= 4 is 25.6 Å². The maximum Gasteiger partial charge on any atom is 0.287 e.